The molecule has 0 saturated carbocycles. The summed E-state index contributed by atoms with van der Waals surface area (Å²) in [7, 11) is 0. The van der Waals surface area contributed by atoms with Crippen molar-refractivity contribution in [2.24, 2.45) is 0 Å². The second-order valence-corrected chi connectivity index (χ2v) is 5.62. The molecule has 1 unspecified atom stereocenters. The molecule has 0 spiro atoms. The highest BCUT2D eigenvalue weighted by Gasteiger charge is 2.16. The van der Waals surface area contributed by atoms with Gasteiger partial charge in [0.05, 0.1) is 4.88 Å². The third-order valence-corrected chi connectivity index (χ3v) is 3.72. The third-order valence-electron chi connectivity index (χ3n) is 2.85. The lowest BCUT2D eigenvalue weighted by Crippen LogP contribution is -2.44. The van der Waals surface area contributed by atoms with Crippen LogP contribution in [-0.4, -0.2) is 35.5 Å². The number of rotatable bonds is 9. The van der Waals surface area contributed by atoms with Crippen molar-refractivity contribution in [1.29, 1.82) is 0 Å². The number of hydrogen-bond acceptors (Lipinski definition) is 4. The molecule has 1 heterocycles. The summed E-state index contributed by atoms with van der Waals surface area (Å²) in [5.74, 6) is -1.30. The molecule has 0 radical (unpaired) electrons. The van der Waals surface area contributed by atoms with Crippen LogP contribution in [-0.2, 0) is 9.59 Å². The van der Waals surface area contributed by atoms with Crippen molar-refractivity contribution < 1.29 is 19.5 Å². The molecular weight excluding hydrogens is 292 g/mol. The molecule has 1 atom stereocenters. The highest BCUT2D eigenvalue weighted by atomic mass is 32.1. The van der Waals surface area contributed by atoms with Crippen LogP contribution in [0.4, 0.5) is 0 Å². The van der Waals surface area contributed by atoms with E-state index >= 15 is 0 Å². The van der Waals surface area contributed by atoms with Crippen LogP contribution in [0.15, 0.2) is 17.5 Å². The molecule has 1 aromatic rings. The van der Waals surface area contributed by atoms with E-state index < -0.39 is 12.0 Å². The number of carboxylic acids is 1. The zero-order valence-electron chi connectivity index (χ0n) is 11.9. The molecule has 6 nitrogen and oxygen atoms in total. The smallest absolute Gasteiger partial charge is 0.303 e. The predicted molar refractivity (Wildman–Crippen MR) is 80.4 cm³/mol. The minimum atomic E-state index is -0.802. The van der Waals surface area contributed by atoms with Gasteiger partial charge in [0.2, 0.25) is 5.91 Å². The Kier molecular flexibility index (Phi) is 7.45. The first-order valence-corrected chi connectivity index (χ1v) is 7.72. The molecule has 1 aromatic heterocycles. The summed E-state index contributed by atoms with van der Waals surface area (Å²) in [6.07, 6.45) is 2.24. The van der Waals surface area contributed by atoms with Crippen molar-refractivity contribution in [1.82, 2.24) is 10.6 Å². The van der Waals surface area contributed by atoms with Crippen LogP contribution in [0.2, 0.25) is 0 Å². The fourth-order valence-corrected chi connectivity index (χ4v) is 2.31. The monoisotopic (exact) mass is 312 g/mol. The SMILES string of the molecule is CC(NC(=O)c1cccs1)C(=O)NCCCCCC(=O)O. The van der Waals surface area contributed by atoms with E-state index in [1.54, 1.807) is 24.4 Å². The van der Waals surface area contributed by atoms with E-state index in [9.17, 15) is 14.4 Å². The Bertz CT molecular complexity index is 473. The Balaban J connectivity index is 2.16. The van der Waals surface area contributed by atoms with Crippen molar-refractivity contribution in [3.8, 4) is 0 Å². The Hall–Kier alpha value is -1.89. The van der Waals surface area contributed by atoms with E-state index in [4.69, 9.17) is 5.11 Å². The predicted octanol–water partition coefficient (Wildman–Crippen LogP) is 1.63. The van der Waals surface area contributed by atoms with Gasteiger partial charge in [0.25, 0.3) is 5.91 Å². The lowest BCUT2D eigenvalue weighted by atomic mass is 10.2. The summed E-state index contributed by atoms with van der Waals surface area (Å²) in [5, 5.41) is 15.6. The number of carbonyl (C=O) groups excluding carboxylic acids is 2. The maximum Gasteiger partial charge on any atom is 0.303 e. The van der Waals surface area contributed by atoms with Gasteiger partial charge in [-0.05, 0) is 31.2 Å². The number of carboxylic acid groups (broad SMARTS) is 1. The van der Waals surface area contributed by atoms with Gasteiger partial charge in [-0.1, -0.05) is 12.5 Å². The molecule has 2 amide bonds. The van der Waals surface area contributed by atoms with E-state index in [2.05, 4.69) is 10.6 Å². The minimum Gasteiger partial charge on any atom is -0.481 e. The van der Waals surface area contributed by atoms with Gasteiger partial charge in [-0.2, -0.15) is 0 Å². The third kappa shape index (κ3) is 6.89. The fourth-order valence-electron chi connectivity index (χ4n) is 1.68. The van der Waals surface area contributed by atoms with Crippen LogP contribution < -0.4 is 10.6 Å². The quantitative estimate of drug-likeness (QED) is 0.604. The topological polar surface area (TPSA) is 95.5 Å². The van der Waals surface area contributed by atoms with E-state index in [0.29, 0.717) is 17.8 Å². The van der Waals surface area contributed by atoms with Crippen LogP contribution in [0.3, 0.4) is 0 Å². The van der Waals surface area contributed by atoms with Crippen LogP contribution in [0, 0.1) is 0 Å². The van der Waals surface area contributed by atoms with Gasteiger partial charge in [0.15, 0.2) is 0 Å². The second-order valence-electron chi connectivity index (χ2n) is 4.67. The van der Waals surface area contributed by atoms with Gasteiger partial charge in [-0.3, -0.25) is 14.4 Å². The molecule has 21 heavy (non-hydrogen) atoms. The average Bonchev–Trinajstić information content (AvgIpc) is 2.96. The van der Waals surface area contributed by atoms with Crippen LogP contribution in [0.1, 0.15) is 42.3 Å². The maximum absolute atomic E-state index is 11.8. The first-order valence-electron chi connectivity index (χ1n) is 6.84. The molecule has 0 bridgehead atoms. The second kappa shape index (κ2) is 9.12. The summed E-state index contributed by atoms with van der Waals surface area (Å²) >= 11 is 1.32. The van der Waals surface area contributed by atoms with Crippen LogP contribution in [0.25, 0.3) is 0 Å². The molecule has 0 aliphatic carbocycles. The van der Waals surface area contributed by atoms with Crippen molar-refractivity contribution >= 4 is 29.1 Å². The number of carbonyl (C=O) groups is 3. The molecule has 0 aromatic carbocycles. The van der Waals surface area contributed by atoms with Crippen molar-refractivity contribution in [3.05, 3.63) is 22.4 Å². The molecule has 116 valence electrons. The lowest BCUT2D eigenvalue weighted by Gasteiger charge is -2.13. The van der Waals surface area contributed by atoms with E-state index in [1.807, 2.05) is 0 Å². The highest BCUT2D eigenvalue weighted by Crippen LogP contribution is 2.08. The molecule has 0 saturated heterocycles. The van der Waals surface area contributed by atoms with Gasteiger partial charge in [0, 0.05) is 13.0 Å². The first-order chi connectivity index (χ1) is 10.0. The van der Waals surface area contributed by atoms with Crippen molar-refractivity contribution in [2.75, 3.05) is 6.54 Å². The Morgan fingerprint density at radius 2 is 2.05 bits per heavy atom. The number of hydrogen-bond donors (Lipinski definition) is 3. The molecule has 1 rings (SSSR count). The summed E-state index contributed by atoms with van der Waals surface area (Å²) in [6, 6.07) is 2.88. The standard InChI is InChI=1S/C14H20N2O4S/c1-10(16-14(20)11-6-5-9-21-11)13(19)15-8-4-2-3-7-12(17)18/h5-6,9-10H,2-4,7-8H2,1H3,(H,15,19)(H,16,20)(H,17,18). The van der Waals surface area contributed by atoms with Gasteiger partial charge in [-0.15, -0.1) is 11.3 Å². The summed E-state index contributed by atoms with van der Waals surface area (Å²) in [6.45, 7) is 2.11. The van der Waals surface area contributed by atoms with Gasteiger partial charge >= 0.3 is 5.97 Å². The fraction of sp³-hybridized carbons (Fsp3) is 0.500. The Morgan fingerprint density at radius 1 is 1.29 bits per heavy atom. The number of nitrogens with one attached hydrogen (secondary N) is 2. The summed E-state index contributed by atoms with van der Waals surface area (Å²) in [4.78, 5) is 34.4. The minimum absolute atomic E-state index is 0.154. The first kappa shape index (κ1) is 17.2. The number of aliphatic carboxylic acids is 1. The molecule has 0 aliphatic rings. The average molecular weight is 312 g/mol. The van der Waals surface area contributed by atoms with E-state index in [1.165, 1.54) is 11.3 Å². The Labute approximate surface area is 127 Å². The number of unbranched alkanes of at least 4 members (excludes halogenated alkanes) is 2. The maximum atomic E-state index is 11.8. The Morgan fingerprint density at radius 3 is 2.67 bits per heavy atom. The zero-order chi connectivity index (χ0) is 15.7. The van der Waals surface area contributed by atoms with Crippen LogP contribution in [0.5, 0.6) is 0 Å². The molecule has 3 N–H and O–H groups in total. The zero-order valence-corrected chi connectivity index (χ0v) is 12.7. The number of amides is 2. The number of thiophene rings is 1. The van der Waals surface area contributed by atoms with E-state index in [-0.39, 0.29) is 18.2 Å². The normalized spacial score (nSPS) is 11.7. The van der Waals surface area contributed by atoms with Gasteiger partial charge < -0.3 is 15.7 Å². The molecule has 7 heteroatoms. The molecular formula is C14H20N2O4S. The van der Waals surface area contributed by atoms with Crippen LogP contribution >= 0.6 is 11.3 Å². The van der Waals surface area contributed by atoms with Crippen molar-refractivity contribution in [3.63, 3.8) is 0 Å². The largest absolute Gasteiger partial charge is 0.481 e. The summed E-state index contributed by atoms with van der Waals surface area (Å²) in [5.41, 5.74) is 0. The highest BCUT2D eigenvalue weighted by molar-refractivity contribution is 7.12. The molecule has 0 aliphatic heterocycles. The molecule has 0 fully saturated rings. The van der Waals surface area contributed by atoms with Gasteiger partial charge in [0.1, 0.15) is 6.04 Å². The van der Waals surface area contributed by atoms with Gasteiger partial charge in [-0.25, -0.2) is 0 Å². The lowest BCUT2D eigenvalue weighted by molar-refractivity contribution is -0.137. The van der Waals surface area contributed by atoms with E-state index in [0.717, 1.165) is 12.8 Å². The summed E-state index contributed by atoms with van der Waals surface area (Å²) < 4.78 is 0. The van der Waals surface area contributed by atoms with Crippen molar-refractivity contribution in [2.45, 2.75) is 38.6 Å².